The Morgan fingerprint density at radius 1 is 0.974 bits per heavy atom. The van der Waals surface area contributed by atoms with Crippen molar-refractivity contribution < 1.29 is 9.72 Å². The molecule has 38 heavy (non-hydrogen) atoms. The van der Waals surface area contributed by atoms with Gasteiger partial charge in [-0.2, -0.15) is 5.10 Å². The van der Waals surface area contributed by atoms with Gasteiger partial charge in [-0.25, -0.2) is 4.68 Å². The highest BCUT2D eigenvalue weighted by molar-refractivity contribution is 8.00. The first kappa shape index (κ1) is 24.3. The number of thioether (sulfide) groups is 1. The number of carbonyl (C=O) groups excluding carboxylic acids is 1. The van der Waals surface area contributed by atoms with E-state index in [4.69, 9.17) is 16.7 Å². The van der Waals surface area contributed by atoms with E-state index in [-0.39, 0.29) is 17.3 Å². The molecule has 6 rings (SSSR count). The van der Waals surface area contributed by atoms with Crippen LogP contribution in [0.2, 0.25) is 5.02 Å². The third-order valence-electron chi connectivity index (χ3n) is 5.92. The van der Waals surface area contributed by atoms with Crippen molar-refractivity contribution >= 4 is 51.4 Å². The SMILES string of the molecule is O=C1CSC(c2cn(-c3ccccc3)nc2-c2cccc([N+](=O)[O-])c2)N1c1nnc(-c2cccc(Cl)c2)s1. The minimum atomic E-state index is -0.450. The number of nitrogens with zero attached hydrogens (tertiary/aromatic N) is 6. The average molecular weight is 561 g/mol. The maximum Gasteiger partial charge on any atom is 0.270 e. The molecule has 0 saturated carbocycles. The van der Waals surface area contributed by atoms with Crippen molar-refractivity contribution in [1.82, 2.24) is 20.0 Å². The van der Waals surface area contributed by atoms with Crippen LogP contribution in [0.1, 0.15) is 10.9 Å². The highest BCUT2D eigenvalue weighted by Gasteiger charge is 2.39. The molecule has 1 fully saturated rings. The monoisotopic (exact) mass is 560 g/mol. The molecule has 0 spiro atoms. The smallest absolute Gasteiger partial charge is 0.270 e. The molecule has 3 heterocycles. The zero-order valence-electron chi connectivity index (χ0n) is 19.5. The van der Waals surface area contributed by atoms with E-state index in [1.54, 1.807) is 33.8 Å². The van der Waals surface area contributed by atoms with Crippen LogP contribution in [-0.4, -0.2) is 36.6 Å². The number of rotatable bonds is 6. The van der Waals surface area contributed by atoms with Gasteiger partial charge in [0.25, 0.3) is 5.69 Å². The fourth-order valence-corrected chi connectivity index (χ4v) is 6.49. The third-order valence-corrected chi connectivity index (χ3v) is 8.32. The summed E-state index contributed by atoms with van der Waals surface area (Å²) in [5, 5.41) is 26.2. The topological polar surface area (TPSA) is 107 Å². The summed E-state index contributed by atoms with van der Waals surface area (Å²) < 4.78 is 1.72. The zero-order chi connectivity index (χ0) is 26.2. The Morgan fingerprint density at radius 2 is 1.76 bits per heavy atom. The predicted octanol–water partition coefficient (Wildman–Crippen LogP) is 6.40. The normalized spacial score (nSPS) is 15.2. The molecule has 3 aromatic carbocycles. The molecule has 0 bridgehead atoms. The van der Waals surface area contributed by atoms with E-state index in [0.717, 1.165) is 16.8 Å². The number of halogens is 1. The quantitative estimate of drug-likeness (QED) is 0.175. The summed E-state index contributed by atoms with van der Waals surface area (Å²) >= 11 is 8.90. The summed E-state index contributed by atoms with van der Waals surface area (Å²) in [4.78, 5) is 25.8. The first-order valence-electron chi connectivity index (χ1n) is 11.4. The number of para-hydroxylation sites is 1. The Labute approximate surface area is 229 Å². The standard InChI is InChI=1S/C26H17ClN6O3S2/c27-18-8-4-7-17(12-18)24-28-29-26(38-24)32-22(34)15-37-25(32)21-14-31(19-9-2-1-3-10-19)30-23(21)16-6-5-11-20(13-16)33(35)36/h1-14,25H,15H2. The van der Waals surface area contributed by atoms with Gasteiger partial charge in [-0.1, -0.05) is 65.4 Å². The van der Waals surface area contributed by atoms with Crippen LogP contribution >= 0.6 is 34.7 Å². The maximum absolute atomic E-state index is 13.1. The zero-order valence-corrected chi connectivity index (χ0v) is 21.9. The van der Waals surface area contributed by atoms with Gasteiger partial charge in [0.2, 0.25) is 11.0 Å². The van der Waals surface area contributed by atoms with E-state index in [9.17, 15) is 14.9 Å². The molecule has 2 aromatic heterocycles. The van der Waals surface area contributed by atoms with Gasteiger partial charge in [-0.3, -0.25) is 19.8 Å². The molecule has 1 amide bonds. The van der Waals surface area contributed by atoms with Crippen LogP contribution in [0.5, 0.6) is 0 Å². The lowest BCUT2D eigenvalue weighted by Gasteiger charge is -2.20. The Hall–Kier alpha value is -4.06. The number of aromatic nitrogens is 4. The fourth-order valence-electron chi connectivity index (χ4n) is 4.18. The molecule has 1 unspecified atom stereocenters. The van der Waals surface area contributed by atoms with Gasteiger partial charge in [0.15, 0.2) is 0 Å². The van der Waals surface area contributed by atoms with Gasteiger partial charge in [0, 0.05) is 40.0 Å². The van der Waals surface area contributed by atoms with Gasteiger partial charge in [-0.05, 0) is 24.3 Å². The largest absolute Gasteiger partial charge is 0.273 e. The number of nitro benzene ring substituents is 1. The molecule has 1 aliphatic heterocycles. The van der Waals surface area contributed by atoms with Crippen molar-refractivity contribution in [2.75, 3.05) is 10.7 Å². The molecule has 188 valence electrons. The summed E-state index contributed by atoms with van der Waals surface area (Å²) in [5.41, 5.74) is 3.47. The first-order valence-corrected chi connectivity index (χ1v) is 13.7. The fraction of sp³-hybridized carbons (Fsp3) is 0.0769. The molecule has 1 atom stereocenters. The second-order valence-electron chi connectivity index (χ2n) is 8.35. The summed E-state index contributed by atoms with van der Waals surface area (Å²) in [7, 11) is 0. The van der Waals surface area contributed by atoms with E-state index in [2.05, 4.69) is 10.2 Å². The molecule has 0 N–H and O–H groups in total. The Balaban J connectivity index is 1.45. The van der Waals surface area contributed by atoms with Crippen LogP contribution in [0, 0.1) is 10.1 Å². The Bertz CT molecular complexity index is 1670. The molecular formula is C26H17ClN6O3S2. The second-order valence-corrected chi connectivity index (χ2v) is 10.8. The van der Waals surface area contributed by atoms with Crippen molar-refractivity contribution in [3.8, 4) is 27.5 Å². The number of hydrogen-bond acceptors (Lipinski definition) is 8. The van der Waals surface area contributed by atoms with E-state index >= 15 is 0 Å². The Kier molecular flexibility index (Phi) is 6.40. The van der Waals surface area contributed by atoms with Gasteiger partial charge in [0.05, 0.1) is 22.1 Å². The number of carbonyl (C=O) groups is 1. The highest BCUT2D eigenvalue weighted by Crippen LogP contribution is 2.46. The number of benzene rings is 3. The second kappa shape index (κ2) is 10.0. The third kappa shape index (κ3) is 4.55. The average Bonchev–Trinajstić information content (AvgIpc) is 3.67. The van der Waals surface area contributed by atoms with E-state index in [1.807, 2.05) is 48.7 Å². The number of hydrogen-bond donors (Lipinski definition) is 0. The number of anilines is 1. The minimum absolute atomic E-state index is 0.0370. The molecular weight excluding hydrogens is 544 g/mol. The maximum atomic E-state index is 13.1. The lowest BCUT2D eigenvalue weighted by Crippen LogP contribution is -2.27. The number of non-ortho nitro benzene ring substituents is 1. The number of amides is 1. The molecule has 12 heteroatoms. The van der Waals surface area contributed by atoms with E-state index < -0.39 is 10.3 Å². The van der Waals surface area contributed by atoms with E-state index in [1.165, 1.54) is 35.2 Å². The molecule has 9 nitrogen and oxygen atoms in total. The first-order chi connectivity index (χ1) is 18.5. The highest BCUT2D eigenvalue weighted by atomic mass is 35.5. The summed E-state index contributed by atoms with van der Waals surface area (Å²) in [5.74, 6) is 0.146. The van der Waals surface area contributed by atoms with Crippen LogP contribution in [0.4, 0.5) is 10.8 Å². The van der Waals surface area contributed by atoms with Gasteiger partial charge < -0.3 is 0 Å². The van der Waals surface area contributed by atoms with Crippen LogP contribution in [0.25, 0.3) is 27.5 Å². The lowest BCUT2D eigenvalue weighted by atomic mass is 10.1. The molecule has 0 radical (unpaired) electrons. The van der Waals surface area contributed by atoms with Crippen LogP contribution in [0.15, 0.2) is 85.1 Å². The number of nitro groups is 1. The molecule has 5 aromatic rings. The van der Waals surface area contributed by atoms with Crippen molar-refractivity contribution in [2.24, 2.45) is 0 Å². The summed E-state index contributed by atoms with van der Waals surface area (Å²) in [6.45, 7) is 0. The predicted molar refractivity (Wildman–Crippen MR) is 149 cm³/mol. The van der Waals surface area contributed by atoms with Crippen molar-refractivity contribution in [3.63, 3.8) is 0 Å². The van der Waals surface area contributed by atoms with Crippen molar-refractivity contribution in [1.29, 1.82) is 0 Å². The van der Waals surface area contributed by atoms with Gasteiger partial charge >= 0.3 is 0 Å². The van der Waals surface area contributed by atoms with Crippen molar-refractivity contribution in [2.45, 2.75) is 5.37 Å². The minimum Gasteiger partial charge on any atom is -0.273 e. The Morgan fingerprint density at radius 3 is 2.55 bits per heavy atom. The molecule has 1 saturated heterocycles. The molecule has 0 aliphatic carbocycles. The van der Waals surface area contributed by atoms with Gasteiger partial charge in [0.1, 0.15) is 10.4 Å². The summed E-state index contributed by atoms with van der Waals surface area (Å²) in [6.07, 6.45) is 1.87. The van der Waals surface area contributed by atoms with Crippen LogP contribution in [-0.2, 0) is 4.79 Å². The van der Waals surface area contributed by atoms with E-state index in [0.29, 0.717) is 26.4 Å². The van der Waals surface area contributed by atoms with Crippen LogP contribution < -0.4 is 4.90 Å². The van der Waals surface area contributed by atoms with Crippen molar-refractivity contribution in [3.05, 3.63) is 106 Å². The summed E-state index contributed by atoms with van der Waals surface area (Å²) in [6, 6.07) is 23.2. The van der Waals surface area contributed by atoms with Crippen LogP contribution in [0.3, 0.4) is 0 Å². The molecule has 1 aliphatic rings. The lowest BCUT2D eigenvalue weighted by molar-refractivity contribution is -0.384. The van der Waals surface area contributed by atoms with Gasteiger partial charge in [-0.15, -0.1) is 22.0 Å².